The molecule has 0 saturated carbocycles. The molecule has 0 spiro atoms. The molecule has 1 aromatic carbocycles. The summed E-state index contributed by atoms with van der Waals surface area (Å²) in [6, 6.07) is 3.74. The standard InChI is InChI=1S/C15H20O4/c1-5-12-13(17-3)9-11(10-14(12)18-4)7-8-15(16)19-6-2/h7-10H,5-6H2,1-4H3/b8-7+. The van der Waals surface area contributed by atoms with Gasteiger partial charge in [-0.05, 0) is 37.1 Å². The van der Waals surface area contributed by atoms with Crippen molar-refractivity contribution in [2.24, 2.45) is 0 Å². The van der Waals surface area contributed by atoms with E-state index in [0.29, 0.717) is 6.61 Å². The van der Waals surface area contributed by atoms with E-state index < -0.39 is 0 Å². The first kappa shape index (κ1) is 15.1. The van der Waals surface area contributed by atoms with Crippen molar-refractivity contribution >= 4 is 12.0 Å². The fourth-order valence-electron chi connectivity index (χ4n) is 1.80. The summed E-state index contributed by atoms with van der Waals surface area (Å²) >= 11 is 0. The number of ether oxygens (including phenoxy) is 3. The van der Waals surface area contributed by atoms with Crippen LogP contribution in [0.1, 0.15) is 25.0 Å². The zero-order valence-corrected chi connectivity index (χ0v) is 11.9. The Morgan fingerprint density at radius 1 is 1.16 bits per heavy atom. The third-order valence-corrected chi connectivity index (χ3v) is 2.68. The normalized spacial score (nSPS) is 10.5. The molecule has 0 unspecified atom stereocenters. The van der Waals surface area contributed by atoms with E-state index in [1.165, 1.54) is 6.08 Å². The Kier molecular flexibility index (Phi) is 5.93. The van der Waals surface area contributed by atoms with Crippen LogP contribution in [0.25, 0.3) is 6.08 Å². The molecule has 0 amide bonds. The predicted octanol–water partition coefficient (Wildman–Crippen LogP) is 2.84. The van der Waals surface area contributed by atoms with E-state index in [4.69, 9.17) is 14.2 Å². The van der Waals surface area contributed by atoms with E-state index in [0.717, 1.165) is 29.0 Å². The van der Waals surface area contributed by atoms with Crippen LogP contribution in [0.4, 0.5) is 0 Å². The van der Waals surface area contributed by atoms with Gasteiger partial charge in [0.05, 0.1) is 20.8 Å². The highest BCUT2D eigenvalue weighted by atomic mass is 16.5. The van der Waals surface area contributed by atoms with Crippen LogP contribution < -0.4 is 9.47 Å². The van der Waals surface area contributed by atoms with E-state index in [1.54, 1.807) is 27.2 Å². The second-order valence-electron chi connectivity index (χ2n) is 3.84. The molecule has 19 heavy (non-hydrogen) atoms. The monoisotopic (exact) mass is 264 g/mol. The highest BCUT2D eigenvalue weighted by Crippen LogP contribution is 2.31. The second kappa shape index (κ2) is 7.46. The lowest BCUT2D eigenvalue weighted by molar-refractivity contribution is -0.137. The molecular formula is C15H20O4. The Bertz CT molecular complexity index is 438. The molecule has 0 heterocycles. The zero-order valence-electron chi connectivity index (χ0n) is 11.9. The molecule has 0 aromatic heterocycles. The maximum absolute atomic E-state index is 11.3. The molecule has 1 aromatic rings. The van der Waals surface area contributed by atoms with Crippen molar-refractivity contribution in [3.05, 3.63) is 29.3 Å². The number of rotatable bonds is 6. The summed E-state index contributed by atoms with van der Waals surface area (Å²) in [7, 11) is 3.24. The summed E-state index contributed by atoms with van der Waals surface area (Å²) in [6.45, 7) is 4.17. The van der Waals surface area contributed by atoms with Crippen LogP contribution >= 0.6 is 0 Å². The predicted molar refractivity (Wildman–Crippen MR) is 74.6 cm³/mol. The minimum absolute atomic E-state index is 0.361. The van der Waals surface area contributed by atoms with Gasteiger partial charge in [0.15, 0.2) is 0 Å². The van der Waals surface area contributed by atoms with Crippen LogP contribution in [-0.4, -0.2) is 26.8 Å². The van der Waals surface area contributed by atoms with E-state index in [9.17, 15) is 4.79 Å². The molecule has 4 nitrogen and oxygen atoms in total. The largest absolute Gasteiger partial charge is 0.496 e. The summed E-state index contributed by atoms with van der Waals surface area (Å²) in [4.78, 5) is 11.3. The number of esters is 1. The Hall–Kier alpha value is -1.97. The molecule has 104 valence electrons. The van der Waals surface area contributed by atoms with Gasteiger partial charge in [0, 0.05) is 11.6 Å². The molecule has 4 heteroatoms. The summed E-state index contributed by atoms with van der Waals surface area (Å²) in [5.74, 6) is 1.15. The van der Waals surface area contributed by atoms with Gasteiger partial charge in [-0.25, -0.2) is 4.79 Å². The maximum Gasteiger partial charge on any atom is 0.330 e. The molecule has 0 radical (unpaired) electrons. The number of hydrogen-bond donors (Lipinski definition) is 0. The topological polar surface area (TPSA) is 44.8 Å². The number of hydrogen-bond acceptors (Lipinski definition) is 4. The van der Waals surface area contributed by atoms with Gasteiger partial charge in [-0.15, -0.1) is 0 Å². The molecule has 0 N–H and O–H groups in total. The second-order valence-corrected chi connectivity index (χ2v) is 3.84. The lowest BCUT2D eigenvalue weighted by Crippen LogP contribution is -1.99. The Balaban J connectivity index is 3.06. The molecule has 0 bridgehead atoms. The summed E-state index contributed by atoms with van der Waals surface area (Å²) in [5.41, 5.74) is 1.84. The molecule has 0 aliphatic carbocycles. The first-order valence-corrected chi connectivity index (χ1v) is 6.25. The lowest BCUT2D eigenvalue weighted by Gasteiger charge is -2.12. The highest BCUT2D eigenvalue weighted by Gasteiger charge is 2.09. The van der Waals surface area contributed by atoms with Crippen molar-refractivity contribution in [3.63, 3.8) is 0 Å². The molecule has 0 atom stereocenters. The third kappa shape index (κ3) is 4.02. The van der Waals surface area contributed by atoms with Crippen molar-refractivity contribution in [3.8, 4) is 11.5 Å². The van der Waals surface area contributed by atoms with E-state index in [-0.39, 0.29) is 5.97 Å². The Labute approximate surface area is 114 Å². The van der Waals surface area contributed by atoms with Crippen LogP contribution in [0.15, 0.2) is 18.2 Å². The van der Waals surface area contributed by atoms with Crippen molar-refractivity contribution in [1.82, 2.24) is 0 Å². The Morgan fingerprint density at radius 2 is 1.74 bits per heavy atom. The SMILES string of the molecule is CCOC(=O)/C=C/c1cc(OC)c(CC)c(OC)c1. The van der Waals surface area contributed by atoms with E-state index in [1.807, 2.05) is 19.1 Å². The van der Waals surface area contributed by atoms with Gasteiger partial charge in [-0.1, -0.05) is 6.92 Å². The maximum atomic E-state index is 11.3. The number of carbonyl (C=O) groups excluding carboxylic acids is 1. The molecular weight excluding hydrogens is 244 g/mol. The average molecular weight is 264 g/mol. The number of carbonyl (C=O) groups is 1. The molecule has 1 rings (SSSR count). The van der Waals surface area contributed by atoms with Crippen molar-refractivity contribution in [1.29, 1.82) is 0 Å². The van der Waals surface area contributed by atoms with Crippen LogP contribution in [-0.2, 0) is 16.0 Å². The zero-order chi connectivity index (χ0) is 14.3. The van der Waals surface area contributed by atoms with E-state index in [2.05, 4.69) is 0 Å². The first-order valence-electron chi connectivity index (χ1n) is 6.25. The van der Waals surface area contributed by atoms with Gasteiger partial charge in [0.25, 0.3) is 0 Å². The molecule has 0 saturated heterocycles. The van der Waals surface area contributed by atoms with Crippen LogP contribution in [0, 0.1) is 0 Å². The first-order chi connectivity index (χ1) is 9.15. The number of methoxy groups -OCH3 is 2. The van der Waals surface area contributed by atoms with Gasteiger partial charge >= 0.3 is 5.97 Å². The highest BCUT2D eigenvalue weighted by molar-refractivity contribution is 5.87. The van der Waals surface area contributed by atoms with Crippen LogP contribution in [0.2, 0.25) is 0 Å². The van der Waals surface area contributed by atoms with Crippen LogP contribution in [0.3, 0.4) is 0 Å². The number of benzene rings is 1. The summed E-state index contributed by atoms with van der Waals surface area (Å²) in [6.07, 6.45) is 3.89. The summed E-state index contributed by atoms with van der Waals surface area (Å²) in [5, 5.41) is 0. The van der Waals surface area contributed by atoms with Gasteiger partial charge in [0.2, 0.25) is 0 Å². The average Bonchev–Trinajstić information content (AvgIpc) is 2.44. The molecule has 0 aliphatic heterocycles. The smallest absolute Gasteiger partial charge is 0.330 e. The quantitative estimate of drug-likeness (QED) is 0.585. The molecule has 0 fully saturated rings. The fourth-order valence-corrected chi connectivity index (χ4v) is 1.80. The van der Waals surface area contributed by atoms with Crippen molar-refractivity contribution < 1.29 is 19.0 Å². The van der Waals surface area contributed by atoms with Crippen molar-refractivity contribution in [2.75, 3.05) is 20.8 Å². The minimum Gasteiger partial charge on any atom is -0.496 e. The summed E-state index contributed by atoms with van der Waals surface area (Å²) < 4.78 is 15.5. The van der Waals surface area contributed by atoms with Gasteiger partial charge < -0.3 is 14.2 Å². The third-order valence-electron chi connectivity index (χ3n) is 2.68. The van der Waals surface area contributed by atoms with Gasteiger partial charge in [-0.2, -0.15) is 0 Å². The van der Waals surface area contributed by atoms with Gasteiger partial charge in [-0.3, -0.25) is 0 Å². The van der Waals surface area contributed by atoms with E-state index >= 15 is 0 Å². The Morgan fingerprint density at radius 3 is 2.16 bits per heavy atom. The van der Waals surface area contributed by atoms with Gasteiger partial charge in [0.1, 0.15) is 11.5 Å². The molecule has 0 aliphatic rings. The fraction of sp³-hybridized carbons (Fsp3) is 0.400. The van der Waals surface area contributed by atoms with Crippen LogP contribution in [0.5, 0.6) is 11.5 Å². The minimum atomic E-state index is -0.361. The lowest BCUT2D eigenvalue weighted by atomic mass is 10.1. The van der Waals surface area contributed by atoms with Crippen molar-refractivity contribution in [2.45, 2.75) is 20.3 Å².